The molecule has 0 aliphatic rings. The third kappa shape index (κ3) is 4.43. The van der Waals surface area contributed by atoms with Crippen molar-refractivity contribution in [1.82, 2.24) is 15.3 Å². The first-order valence-corrected chi connectivity index (χ1v) is 7.96. The van der Waals surface area contributed by atoms with Gasteiger partial charge in [-0.2, -0.15) is 5.10 Å². The van der Waals surface area contributed by atoms with E-state index in [-0.39, 0.29) is 18.4 Å². The van der Waals surface area contributed by atoms with Crippen molar-refractivity contribution < 1.29 is 14.7 Å². The van der Waals surface area contributed by atoms with Crippen molar-refractivity contribution in [2.75, 3.05) is 7.11 Å². The SMILES string of the molecule is CO[C@H](CC(=O)NO)[C@H](Cc1ccc(C)cc1)c1cc(C)n(C)n1. The van der Waals surface area contributed by atoms with E-state index in [4.69, 9.17) is 9.94 Å². The molecule has 0 bridgehead atoms. The van der Waals surface area contributed by atoms with Gasteiger partial charge in [0.25, 0.3) is 0 Å². The number of nitrogens with zero attached hydrogens (tertiary/aromatic N) is 2. The fourth-order valence-corrected chi connectivity index (χ4v) is 2.79. The number of aryl methyl sites for hydroxylation is 3. The lowest BCUT2D eigenvalue weighted by molar-refractivity contribution is -0.132. The lowest BCUT2D eigenvalue weighted by atomic mass is 9.88. The minimum atomic E-state index is -0.469. The number of hydroxylamine groups is 1. The van der Waals surface area contributed by atoms with Crippen LogP contribution in [0.1, 0.15) is 34.9 Å². The van der Waals surface area contributed by atoms with Crippen LogP contribution >= 0.6 is 0 Å². The quantitative estimate of drug-likeness (QED) is 0.603. The van der Waals surface area contributed by atoms with Crippen LogP contribution in [0, 0.1) is 13.8 Å². The fourth-order valence-electron chi connectivity index (χ4n) is 2.79. The summed E-state index contributed by atoms with van der Waals surface area (Å²) in [5.41, 5.74) is 5.96. The zero-order chi connectivity index (χ0) is 17.7. The summed E-state index contributed by atoms with van der Waals surface area (Å²) in [5, 5.41) is 13.4. The molecule has 0 fully saturated rings. The number of rotatable bonds is 7. The average molecular weight is 331 g/mol. The van der Waals surface area contributed by atoms with Crippen molar-refractivity contribution in [2.24, 2.45) is 7.05 Å². The first-order valence-electron chi connectivity index (χ1n) is 7.96. The van der Waals surface area contributed by atoms with Gasteiger partial charge in [-0.3, -0.25) is 14.7 Å². The molecule has 2 N–H and O–H groups in total. The molecule has 1 aromatic carbocycles. The summed E-state index contributed by atoms with van der Waals surface area (Å²) in [6.45, 7) is 4.04. The number of methoxy groups -OCH3 is 1. The second-order valence-electron chi connectivity index (χ2n) is 6.14. The van der Waals surface area contributed by atoms with Crippen molar-refractivity contribution in [3.05, 3.63) is 52.8 Å². The Labute approximate surface area is 142 Å². The molecule has 130 valence electrons. The first kappa shape index (κ1) is 18.2. The van der Waals surface area contributed by atoms with Crippen molar-refractivity contribution in [1.29, 1.82) is 0 Å². The minimum absolute atomic E-state index is 0.0686. The average Bonchev–Trinajstić information content (AvgIpc) is 2.91. The fraction of sp³-hybridized carbons (Fsp3) is 0.444. The van der Waals surface area contributed by atoms with Gasteiger partial charge < -0.3 is 4.74 Å². The minimum Gasteiger partial charge on any atom is -0.380 e. The summed E-state index contributed by atoms with van der Waals surface area (Å²) in [7, 11) is 3.47. The van der Waals surface area contributed by atoms with Crippen LogP contribution in [0.5, 0.6) is 0 Å². The van der Waals surface area contributed by atoms with Gasteiger partial charge in [0.2, 0.25) is 5.91 Å². The predicted octanol–water partition coefficient (Wildman–Crippen LogP) is 2.27. The van der Waals surface area contributed by atoms with Gasteiger partial charge in [-0.1, -0.05) is 29.8 Å². The van der Waals surface area contributed by atoms with Crippen molar-refractivity contribution >= 4 is 5.91 Å². The zero-order valence-electron chi connectivity index (χ0n) is 14.6. The molecule has 0 aliphatic heterocycles. The standard InChI is InChI=1S/C18H25N3O3/c1-12-5-7-14(8-6-12)10-15(16-9-13(2)21(3)19-16)17(24-4)11-18(22)20-23/h5-9,15,17,23H,10-11H2,1-4H3,(H,20,22)/t15-,17-/m1/s1. The number of hydrogen-bond acceptors (Lipinski definition) is 4. The first-order chi connectivity index (χ1) is 11.4. The maximum absolute atomic E-state index is 11.6. The largest absolute Gasteiger partial charge is 0.380 e. The summed E-state index contributed by atoms with van der Waals surface area (Å²) in [4.78, 5) is 11.6. The van der Waals surface area contributed by atoms with E-state index in [1.165, 1.54) is 5.56 Å². The van der Waals surface area contributed by atoms with Crippen LogP contribution in [-0.4, -0.2) is 34.1 Å². The Morgan fingerprint density at radius 1 is 1.33 bits per heavy atom. The molecule has 0 spiro atoms. The number of ether oxygens (including phenoxy) is 1. The lowest BCUT2D eigenvalue weighted by Crippen LogP contribution is -2.31. The van der Waals surface area contributed by atoms with E-state index in [9.17, 15) is 4.79 Å². The number of aromatic nitrogens is 2. The van der Waals surface area contributed by atoms with Crippen LogP contribution in [0.15, 0.2) is 30.3 Å². The smallest absolute Gasteiger partial charge is 0.245 e. The summed E-state index contributed by atoms with van der Waals surface area (Å²) >= 11 is 0. The molecular formula is C18H25N3O3. The molecule has 2 atom stereocenters. The zero-order valence-corrected chi connectivity index (χ0v) is 14.6. The highest BCUT2D eigenvalue weighted by Gasteiger charge is 2.28. The van der Waals surface area contributed by atoms with Crippen LogP contribution in [0.2, 0.25) is 0 Å². The van der Waals surface area contributed by atoms with Crippen LogP contribution in [-0.2, 0) is 23.0 Å². The molecule has 6 heteroatoms. The molecule has 0 aliphatic carbocycles. The van der Waals surface area contributed by atoms with E-state index in [2.05, 4.69) is 29.4 Å². The lowest BCUT2D eigenvalue weighted by Gasteiger charge is -2.24. The van der Waals surface area contributed by atoms with E-state index < -0.39 is 5.91 Å². The van der Waals surface area contributed by atoms with E-state index >= 15 is 0 Å². The second kappa shape index (κ2) is 8.08. The van der Waals surface area contributed by atoms with E-state index in [1.54, 1.807) is 12.6 Å². The summed E-state index contributed by atoms with van der Waals surface area (Å²) in [6, 6.07) is 10.3. The Balaban J connectivity index is 2.32. The molecule has 24 heavy (non-hydrogen) atoms. The van der Waals surface area contributed by atoms with Gasteiger partial charge in [-0.05, 0) is 31.9 Å². The summed E-state index contributed by atoms with van der Waals surface area (Å²) in [6.07, 6.45) is 0.389. The Kier molecular flexibility index (Phi) is 6.11. The van der Waals surface area contributed by atoms with Gasteiger partial charge in [0, 0.05) is 25.8 Å². The van der Waals surface area contributed by atoms with Crippen LogP contribution in [0.3, 0.4) is 0 Å². The number of hydrogen-bond donors (Lipinski definition) is 2. The highest BCUT2D eigenvalue weighted by molar-refractivity contribution is 5.75. The van der Waals surface area contributed by atoms with Gasteiger partial charge >= 0.3 is 0 Å². The molecule has 1 aromatic heterocycles. The molecule has 0 unspecified atom stereocenters. The maximum Gasteiger partial charge on any atom is 0.245 e. The normalized spacial score (nSPS) is 13.5. The predicted molar refractivity (Wildman–Crippen MR) is 90.9 cm³/mol. The molecule has 0 radical (unpaired) electrons. The summed E-state index contributed by atoms with van der Waals surface area (Å²) in [5.74, 6) is -0.557. The molecule has 1 heterocycles. The Morgan fingerprint density at radius 2 is 2.00 bits per heavy atom. The van der Waals surface area contributed by atoms with Crippen LogP contribution in [0.25, 0.3) is 0 Å². The Hall–Kier alpha value is -2.18. The van der Waals surface area contributed by atoms with Crippen molar-refractivity contribution in [2.45, 2.75) is 38.7 Å². The molecule has 0 saturated heterocycles. The number of benzene rings is 1. The van der Waals surface area contributed by atoms with E-state index in [0.717, 1.165) is 17.0 Å². The number of carbonyl (C=O) groups excluding carboxylic acids is 1. The van der Waals surface area contributed by atoms with E-state index in [1.807, 2.05) is 31.6 Å². The maximum atomic E-state index is 11.6. The number of carbonyl (C=O) groups is 1. The molecule has 2 aromatic rings. The molecular weight excluding hydrogens is 306 g/mol. The van der Waals surface area contributed by atoms with Gasteiger partial charge in [-0.25, -0.2) is 5.48 Å². The molecule has 0 saturated carbocycles. The second-order valence-corrected chi connectivity index (χ2v) is 6.14. The van der Waals surface area contributed by atoms with Crippen LogP contribution < -0.4 is 5.48 Å². The summed E-state index contributed by atoms with van der Waals surface area (Å²) < 4.78 is 7.38. The van der Waals surface area contributed by atoms with Crippen LogP contribution in [0.4, 0.5) is 0 Å². The number of amides is 1. The van der Waals surface area contributed by atoms with E-state index in [0.29, 0.717) is 6.42 Å². The Morgan fingerprint density at radius 3 is 2.50 bits per heavy atom. The number of nitrogens with one attached hydrogen (secondary N) is 1. The third-order valence-corrected chi connectivity index (χ3v) is 4.35. The molecule has 1 amide bonds. The van der Waals surface area contributed by atoms with Gasteiger partial charge in [0.1, 0.15) is 0 Å². The third-order valence-electron chi connectivity index (χ3n) is 4.35. The Bertz CT molecular complexity index is 660. The topological polar surface area (TPSA) is 76.4 Å². The highest BCUT2D eigenvalue weighted by atomic mass is 16.5. The van der Waals surface area contributed by atoms with Crippen molar-refractivity contribution in [3.8, 4) is 0 Å². The monoisotopic (exact) mass is 331 g/mol. The highest BCUT2D eigenvalue weighted by Crippen LogP contribution is 2.28. The molecule has 6 nitrogen and oxygen atoms in total. The van der Waals surface area contributed by atoms with Crippen molar-refractivity contribution in [3.63, 3.8) is 0 Å². The van der Waals surface area contributed by atoms with Gasteiger partial charge in [0.15, 0.2) is 0 Å². The molecule has 2 rings (SSSR count). The van der Waals surface area contributed by atoms with Gasteiger partial charge in [0.05, 0.1) is 18.2 Å². The van der Waals surface area contributed by atoms with Gasteiger partial charge in [-0.15, -0.1) is 0 Å².